The van der Waals surface area contributed by atoms with Crippen molar-refractivity contribution in [2.24, 2.45) is 17.8 Å². The van der Waals surface area contributed by atoms with Crippen LogP contribution in [-0.4, -0.2) is 5.54 Å². The zero-order valence-electron chi connectivity index (χ0n) is 11.3. The van der Waals surface area contributed by atoms with Crippen LogP contribution >= 0.6 is 0 Å². The first-order chi connectivity index (χ1) is 8.71. The molecule has 1 aromatic rings. The number of hydrogen-bond acceptors (Lipinski definition) is 1. The fourth-order valence-corrected chi connectivity index (χ4v) is 5.21. The van der Waals surface area contributed by atoms with Gasteiger partial charge in [-0.1, -0.05) is 17.7 Å². The molecule has 0 radical (unpaired) electrons. The van der Waals surface area contributed by atoms with Crippen LogP contribution in [0.1, 0.15) is 44.1 Å². The molecule has 4 aliphatic carbocycles. The van der Waals surface area contributed by atoms with Crippen molar-refractivity contribution >= 4 is 5.69 Å². The average Bonchev–Trinajstić information content (AvgIpc) is 2.30. The lowest BCUT2D eigenvalue weighted by Crippen LogP contribution is -2.54. The number of rotatable bonds is 2. The van der Waals surface area contributed by atoms with Gasteiger partial charge in [0.2, 0.25) is 0 Å². The largest absolute Gasteiger partial charge is 0.380 e. The summed E-state index contributed by atoms with van der Waals surface area (Å²) in [7, 11) is 0. The Morgan fingerprint density at radius 1 is 0.889 bits per heavy atom. The summed E-state index contributed by atoms with van der Waals surface area (Å²) in [5.74, 6) is 3.07. The van der Waals surface area contributed by atoms with Gasteiger partial charge in [0.05, 0.1) is 0 Å². The Labute approximate surface area is 110 Å². The summed E-state index contributed by atoms with van der Waals surface area (Å²) >= 11 is 0. The van der Waals surface area contributed by atoms with Crippen molar-refractivity contribution in [3.8, 4) is 0 Å². The minimum atomic E-state index is 0.448. The Morgan fingerprint density at radius 3 is 1.89 bits per heavy atom. The minimum absolute atomic E-state index is 0.448. The first-order valence-corrected chi connectivity index (χ1v) is 7.56. The standard InChI is InChI=1S/C17H23N/c1-12-2-4-16(5-3-12)18-17-9-13-6-14(10-17)8-15(7-13)11-17/h2-5,13-15,18H,6-11H2,1H3. The molecule has 1 nitrogen and oxygen atoms in total. The number of aryl methyl sites for hydroxylation is 1. The third-order valence-corrected chi connectivity index (χ3v) is 5.50. The molecule has 96 valence electrons. The van der Waals surface area contributed by atoms with Crippen LogP contribution in [0, 0.1) is 24.7 Å². The molecular formula is C17H23N. The molecule has 4 aliphatic rings. The minimum Gasteiger partial charge on any atom is -0.380 e. The van der Waals surface area contributed by atoms with Crippen LogP contribution in [0.25, 0.3) is 0 Å². The van der Waals surface area contributed by atoms with Crippen LogP contribution in [0.4, 0.5) is 5.69 Å². The van der Waals surface area contributed by atoms with Gasteiger partial charge < -0.3 is 5.32 Å². The van der Waals surface area contributed by atoms with E-state index >= 15 is 0 Å². The molecule has 0 heterocycles. The third-order valence-electron chi connectivity index (χ3n) is 5.50. The van der Waals surface area contributed by atoms with Gasteiger partial charge in [0.15, 0.2) is 0 Å². The number of anilines is 1. The number of nitrogens with one attached hydrogen (secondary N) is 1. The molecule has 0 amide bonds. The highest BCUT2D eigenvalue weighted by atomic mass is 15.0. The Bertz CT molecular complexity index is 410. The highest BCUT2D eigenvalue weighted by molar-refractivity contribution is 5.47. The fourth-order valence-electron chi connectivity index (χ4n) is 5.21. The van der Waals surface area contributed by atoms with E-state index in [1.807, 2.05) is 0 Å². The third kappa shape index (κ3) is 1.75. The zero-order valence-corrected chi connectivity index (χ0v) is 11.3. The molecule has 4 saturated carbocycles. The molecule has 1 aromatic carbocycles. The van der Waals surface area contributed by atoms with E-state index in [9.17, 15) is 0 Å². The lowest BCUT2D eigenvalue weighted by Gasteiger charge is -2.57. The van der Waals surface area contributed by atoms with E-state index in [-0.39, 0.29) is 0 Å². The molecule has 0 aliphatic heterocycles. The van der Waals surface area contributed by atoms with E-state index in [1.54, 1.807) is 0 Å². The number of hydrogen-bond donors (Lipinski definition) is 1. The molecule has 4 fully saturated rings. The van der Waals surface area contributed by atoms with Crippen molar-refractivity contribution in [1.29, 1.82) is 0 Å². The second-order valence-corrected chi connectivity index (χ2v) is 7.19. The van der Waals surface area contributed by atoms with Crippen LogP contribution < -0.4 is 5.32 Å². The van der Waals surface area contributed by atoms with Gasteiger partial charge in [-0.15, -0.1) is 0 Å². The van der Waals surface area contributed by atoms with Crippen LogP contribution in [-0.2, 0) is 0 Å². The lowest BCUT2D eigenvalue weighted by atomic mass is 9.53. The molecule has 0 saturated heterocycles. The molecular weight excluding hydrogens is 218 g/mol. The molecule has 0 spiro atoms. The highest BCUT2D eigenvalue weighted by Gasteiger charge is 2.50. The maximum atomic E-state index is 3.91. The van der Waals surface area contributed by atoms with Gasteiger partial charge in [-0.2, -0.15) is 0 Å². The molecule has 1 N–H and O–H groups in total. The van der Waals surface area contributed by atoms with Crippen molar-refractivity contribution in [3.05, 3.63) is 29.8 Å². The molecule has 1 heteroatoms. The SMILES string of the molecule is Cc1ccc(NC23CC4CC(CC(C4)C2)C3)cc1. The summed E-state index contributed by atoms with van der Waals surface area (Å²) in [4.78, 5) is 0. The molecule has 5 rings (SSSR count). The summed E-state index contributed by atoms with van der Waals surface area (Å²) in [5.41, 5.74) is 3.14. The van der Waals surface area contributed by atoms with Crippen LogP contribution in [0.2, 0.25) is 0 Å². The first-order valence-electron chi connectivity index (χ1n) is 7.56. The van der Waals surface area contributed by atoms with Crippen LogP contribution in [0.15, 0.2) is 24.3 Å². The van der Waals surface area contributed by atoms with E-state index in [4.69, 9.17) is 0 Å². The quantitative estimate of drug-likeness (QED) is 0.810. The van der Waals surface area contributed by atoms with E-state index in [2.05, 4.69) is 36.5 Å². The molecule has 4 bridgehead atoms. The van der Waals surface area contributed by atoms with Crippen LogP contribution in [0.3, 0.4) is 0 Å². The molecule has 18 heavy (non-hydrogen) atoms. The van der Waals surface area contributed by atoms with Crippen molar-refractivity contribution < 1.29 is 0 Å². The summed E-state index contributed by atoms with van der Waals surface area (Å²) in [6.07, 6.45) is 8.84. The summed E-state index contributed by atoms with van der Waals surface area (Å²) in [5, 5.41) is 3.91. The molecule has 0 aromatic heterocycles. The normalized spacial score (nSPS) is 41.1. The van der Waals surface area contributed by atoms with E-state index in [1.165, 1.54) is 49.8 Å². The average molecular weight is 241 g/mol. The van der Waals surface area contributed by atoms with Crippen molar-refractivity contribution in [2.45, 2.75) is 51.0 Å². The van der Waals surface area contributed by atoms with E-state index < -0.39 is 0 Å². The van der Waals surface area contributed by atoms with Gasteiger partial charge in [-0.25, -0.2) is 0 Å². The van der Waals surface area contributed by atoms with Crippen molar-refractivity contribution in [3.63, 3.8) is 0 Å². The summed E-state index contributed by atoms with van der Waals surface area (Å²) < 4.78 is 0. The zero-order chi connectivity index (χ0) is 12.2. The number of benzene rings is 1. The van der Waals surface area contributed by atoms with Gasteiger partial charge in [0.1, 0.15) is 0 Å². The second-order valence-electron chi connectivity index (χ2n) is 7.19. The monoisotopic (exact) mass is 241 g/mol. The topological polar surface area (TPSA) is 12.0 Å². The van der Waals surface area contributed by atoms with Gasteiger partial charge in [0, 0.05) is 11.2 Å². The van der Waals surface area contributed by atoms with Gasteiger partial charge >= 0.3 is 0 Å². The fraction of sp³-hybridized carbons (Fsp3) is 0.647. The van der Waals surface area contributed by atoms with E-state index in [0.29, 0.717) is 5.54 Å². The molecule has 0 unspecified atom stereocenters. The predicted octanol–water partition coefficient (Wildman–Crippen LogP) is 4.38. The van der Waals surface area contributed by atoms with E-state index in [0.717, 1.165) is 17.8 Å². The summed E-state index contributed by atoms with van der Waals surface area (Å²) in [6.45, 7) is 2.16. The molecule has 0 atom stereocenters. The Hall–Kier alpha value is -0.980. The van der Waals surface area contributed by atoms with Crippen molar-refractivity contribution in [2.75, 3.05) is 5.32 Å². The maximum Gasteiger partial charge on any atom is 0.0381 e. The van der Waals surface area contributed by atoms with Crippen molar-refractivity contribution in [1.82, 2.24) is 0 Å². The maximum absolute atomic E-state index is 3.91. The van der Waals surface area contributed by atoms with Gasteiger partial charge in [-0.05, 0) is 75.3 Å². The lowest BCUT2D eigenvalue weighted by molar-refractivity contribution is 0.0107. The highest BCUT2D eigenvalue weighted by Crippen LogP contribution is 2.56. The van der Waals surface area contributed by atoms with Gasteiger partial charge in [0.25, 0.3) is 0 Å². The smallest absolute Gasteiger partial charge is 0.0381 e. The van der Waals surface area contributed by atoms with Crippen LogP contribution in [0.5, 0.6) is 0 Å². The predicted molar refractivity (Wildman–Crippen MR) is 75.7 cm³/mol. The Balaban J connectivity index is 1.58. The first kappa shape index (κ1) is 10.9. The second kappa shape index (κ2) is 3.76. The Morgan fingerprint density at radius 2 is 1.39 bits per heavy atom. The Kier molecular flexibility index (Phi) is 2.27. The van der Waals surface area contributed by atoms with Gasteiger partial charge in [-0.3, -0.25) is 0 Å². The summed E-state index contributed by atoms with van der Waals surface area (Å²) in [6, 6.07) is 8.97.